The molecule has 0 fully saturated rings. The Bertz CT molecular complexity index is 892. The number of unbranched alkanes of at least 4 members (excludes halogenated alkanes) is 1. The molecule has 0 saturated carbocycles. The van der Waals surface area contributed by atoms with Gasteiger partial charge < -0.3 is 15.4 Å². The van der Waals surface area contributed by atoms with Crippen molar-refractivity contribution in [2.24, 2.45) is 0 Å². The minimum atomic E-state index is -0.861. The first-order valence-electron chi connectivity index (χ1n) is 10.7. The molecule has 0 bridgehead atoms. The molecule has 1 unspecified atom stereocenters. The summed E-state index contributed by atoms with van der Waals surface area (Å²) in [5, 5.41) is 16.3. The number of nitro benzene ring substituents is 1. The summed E-state index contributed by atoms with van der Waals surface area (Å²) in [5.74, 6) is -0.325. The average Bonchev–Trinajstić information content (AvgIpc) is 2.72. The third kappa shape index (κ3) is 9.16. The molecule has 1 atom stereocenters. The first-order valence-corrected chi connectivity index (χ1v) is 10.7. The van der Waals surface area contributed by atoms with Gasteiger partial charge in [0.25, 0.3) is 5.69 Å². The molecule has 0 heterocycles. The molecular weight excluding hydrogens is 410 g/mol. The molecule has 2 aromatic rings. The first kappa shape index (κ1) is 24.8. The van der Waals surface area contributed by atoms with Gasteiger partial charge in [0, 0.05) is 25.1 Å². The van der Waals surface area contributed by atoms with Gasteiger partial charge in [-0.3, -0.25) is 14.9 Å². The number of non-ortho nitro benzene ring substituents is 1. The van der Waals surface area contributed by atoms with Gasteiger partial charge in [-0.1, -0.05) is 42.5 Å². The predicted octanol–water partition coefficient (Wildman–Crippen LogP) is 4.17. The Morgan fingerprint density at radius 1 is 1.00 bits per heavy atom. The van der Waals surface area contributed by atoms with Crippen molar-refractivity contribution in [1.29, 1.82) is 0 Å². The zero-order valence-corrected chi connectivity index (χ0v) is 18.8. The molecule has 2 aromatic carbocycles. The van der Waals surface area contributed by atoms with Crippen molar-refractivity contribution in [1.82, 2.24) is 10.6 Å². The lowest BCUT2D eigenvalue weighted by Gasteiger charge is -2.23. The second kappa shape index (κ2) is 11.8. The SMILES string of the molecule is CC(C)(C)OC(=O)NC(Cc1ccc([N+](=O)[O-])cc1)C(=O)NCCCCc1ccccc1. The minimum Gasteiger partial charge on any atom is -0.444 e. The van der Waals surface area contributed by atoms with Crippen LogP contribution in [0, 0.1) is 10.1 Å². The van der Waals surface area contributed by atoms with E-state index in [9.17, 15) is 19.7 Å². The number of benzene rings is 2. The average molecular weight is 442 g/mol. The van der Waals surface area contributed by atoms with Crippen molar-refractivity contribution in [3.8, 4) is 0 Å². The molecular formula is C24H31N3O5. The van der Waals surface area contributed by atoms with Gasteiger partial charge in [-0.2, -0.15) is 0 Å². The lowest BCUT2D eigenvalue weighted by molar-refractivity contribution is -0.384. The van der Waals surface area contributed by atoms with Crippen molar-refractivity contribution in [2.75, 3.05) is 6.54 Å². The molecule has 0 aliphatic rings. The topological polar surface area (TPSA) is 111 Å². The molecule has 2 amide bonds. The zero-order chi connectivity index (χ0) is 23.6. The lowest BCUT2D eigenvalue weighted by atomic mass is 10.0. The second-order valence-electron chi connectivity index (χ2n) is 8.56. The lowest BCUT2D eigenvalue weighted by Crippen LogP contribution is -2.49. The molecule has 8 nitrogen and oxygen atoms in total. The summed E-state index contributed by atoms with van der Waals surface area (Å²) < 4.78 is 5.28. The predicted molar refractivity (Wildman–Crippen MR) is 122 cm³/mol. The summed E-state index contributed by atoms with van der Waals surface area (Å²) in [6, 6.07) is 15.2. The highest BCUT2D eigenvalue weighted by atomic mass is 16.6. The second-order valence-corrected chi connectivity index (χ2v) is 8.56. The number of hydrogen-bond acceptors (Lipinski definition) is 5. The monoisotopic (exact) mass is 441 g/mol. The molecule has 8 heteroatoms. The van der Waals surface area contributed by atoms with Crippen LogP contribution in [0.1, 0.15) is 44.7 Å². The van der Waals surface area contributed by atoms with Crippen LogP contribution in [0.25, 0.3) is 0 Å². The largest absolute Gasteiger partial charge is 0.444 e. The highest BCUT2D eigenvalue weighted by molar-refractivity contribution is 5.86. The van der Waals surface area contributed by atoms with E-state index in [0.29, 0.717) is 12.1 Å². The number of alkyl carbamates (subject to hydrolysis) is 1. The number of amides is 2. The summed E-state index contributed by atoms with van der Waals surface area (Å²) in [6.07, 6.45) is 2.16. The maximum absolute atomic E-state index is 12.8. The Morgan fingerprint density at radius 2 is 1.66 bits per heavy atom. The molecule has 2 rings (SSSR count). The zero-order valence-electron chi connectivity index (χ0n) is 18.8. The fourth-order valence-electron chi connectivity index (χ4n) is 3.08. The normalized spacial score (nSPS) is 12.0. The van der Waals surface area contributed by atoms with Gasteiger partial charge in [0.05, 0.1) is 4.92 Å². The van der Waals surface area contributed by atoms with Gasteiger partial charge in [-0.25, -0.2) is 4.79 Å². The maximum Gasteiger partial charge on any atom is 0.408 e. The quantitative estimate of drug-likeness (QED) is 0.327. The number of hydrogen-bond donors (Lipinski definition) is 2. The third-order valence-corrected chi connectivity index (χ3v) is 4.63. The fourth-order valence-corrected chi connectivity index (χ4v) is 3.08. The Balaban J connectivity index is 1.93. The van der Waals surface area contributed by atoms with Crippen LogP contribution >= 0.6 is 0 Å². The van der Waals surface area contributed by atoms with Crippen LogP contribution in [0.15, 0.2) is 54.6 Å². The molecule has 2 N–H and O–H groups in total. The fraction of sp³-hybridized carbons (Fsp3) is 0.417. The van der Waals surface area contributed by atoms with E-state index in [1.54, 1.807) is 32.9 Å². The summed E-state index contributed by atoms with van der Waals surface area (Å²) in [4.78, 5) is 35.4. The number of carbonyl (C=O) groups is 2. The number of rotatable bonds is 10. The van der Waals surface area contributed by atoms with E-state index in [4.69, 9.17) is 4.74 Å². The van der Waals surface area contributed by atoms with E-state index >= 15 is 0 Å². The minimum absolute atomic E-state index is 0.0340. The summed E-state index contributed by atoms with van der Waals surface area (Å²) in [6.45, 7) is 5.71. The van der Waals surface area contributed by atoms with Gasteiger partial charge in [0.2, 0.25) is 5.91 Å². The van der Waals surface area contributed by atoms with E-state index in [1.807, 2.05) is 18.2 Å². The Kier molecular flexibility index (Phi) is 9.19. The summed E-state index contributed by atoms with van der Waals surface area (Å²) in [7, 11) is 0. The first-order chi connectivity index (χ1) is 15.1. The Labute approximate surface area is 188 Å². The van der Waals surface area contributed by atoms with E-state index in [-0.39, 0.29) is 18.0 Å². The number of nitrogens with zero attached hydrogens (tertiary/aromatic N) is 1. The number of ether oxygens (including phenoxy) is 1. The molecule has 0 saturated heterocycles. The smallest absolute Gasteiger partial charge is 0.408 e. The van der Waals surface area contributed by atoms with E-state index < -0.39 is 22.7 Å². The summed E-state index contributed by atoms with van der Waals surface area (Å²) in [5.41, 5.74) is 1.21. The van der Waals surface area contributed by atoms with Crippen LogP contribution in [0.4, 0.5) is 10.5 Å². The van der Waals surface area contributed by atoms with Crippen molar-refractivity contribution in [2.45, 2.75) is 58.1 Å². The van der Waals surface area contributed by atoms with Crippen LogP contribution < -0.4 is 10.6 Å². The van der Waals surface area contributed by atoms with Gasteiger partial charge in [0.1, 0.15) is 11.6 Å². The standard InChI is InChI=1S/C24H31N3O5/c1-24(2,3)32-23(29)26-21(17-19-12-14-20(15-13-19)27(30)31)22(28)25-16-8-7-11-18-9-5-4-6-10-18/h4-6,9-10,12-15,21H,7-8,11,16-17H2,1-3H3,(H,25,28)(H,26,29). The van der Waals surface area contributed by atoms with Crippen LogP contribution in [-0.4, -0.2) is 35.1 Å². The van der Waals surface area contributed by atoms with E-state index in [2.05, 4.69) is 22.8 Å². The number of carbonyl (C=O) groups excluding carboxylic acids is 2. The van der Waals surface area contributed by atoms with Crippen molar-refractivity contribution in [3.05, 3.63) is 75.8 Å². The molecule has 0 aliphatic carbocycles. The highest BCUT2D eigenvalue weighted by Gasteiger charge is 2.24. The molecule has 172 valence electrons. The van der Waals surface area contributed by atoms with Gasteiger partial charge in [-0.15, -0.1) is 0 Å². The molecule has 0 aliphatic heterocycles. The number of aryl methyl sites for hydroxylation is 1. The third-order valence-electron chi connectivity index (χ3n) is 4.63. The van der Waals surface area contributed by atoms with Crippen molar-refractivity contribution >= 4 is 17.7 Å². The Morgan fingerprint density at radius 3 is 2.25 bits per heavy atom. The van der Waals surface area contributed by atoms with Crippen molar-refractivity contribution in [3.63, 3.8) is 0 Å². The highest BCUT2D eigenvalue weighted by Crippen LogP contribution is 2.14. The molecule has 32 heavy (non-hydrogen) atoms. The maximum atomic E-state index is 12.8. The van der Waals surface area contributed by atoms with Gasteiger partial charge in [0.15, 0.2) is 0 Å². The van der Waals surface area contributed by atoms with Crippen LogP contribution in [0.2, 0.25) is 0 Å². The van der Waals surface area contributed by atoms with Crippen molar-refractivity contribution < 1.29 is 19.2 Å². The molecule has 0 aromatic heterocycles. The molecule has 0 spiro atoms. The molecule has 0 radical (unpaired) electrons. The van der Waals surface area contributed by atoms with Gasteiger partial charge in [-0.05, 0) is 51.2 Å². The van der Waals surface area contributed by atoms with Crippen LogP contribution in [0.3, 0.4) is 0 Å². The van der Waals surface area contributed by atoms with Crippen LogP contribution in [-0.2, 0) is 22.4 Å². The summed E-state index contributed by atoms with van der Waals surface area (Å²) >= 11 is 0. The Hall–Kier alpha value is -3.42. The van der Waals surface area contributed by atoms with Gasteiger partial charge >= 0.3 is 6.09 Å². The number of nitro groups is 1. The van der Waals surface area contributed by atoms with E-state index in [0.717, 1.165) is 19.3 Å². The number of nitrogens with one attached hydrogen (secondary N) is 2. The van der Waals surface area contributed by atoms with E-state index in [1.165, 1.54) is 17.7 Å². The van der Waals surface area contributed by atoms with Crippen LogP contribution in [0.5, 0.6) is 0 Å².